The number of nitrogens with zero attached hydrogens (tertiary/aromatic N) is 5. The first-order chi connectivity index (χ1) is 18.3. The van der Waals surface area contributed by atoms with Crippen LogP contribution in [0.2, 0.25) is 5.02 Å². The Morgan fingerprint density at radius 3 is 2.37 bits per heavy atom. The van der Waals surface area contributed by atoms with Gasteiger partial charge in [-0.25, -0.2) is 4.79 Å². The molecule has 0 radical (unpaired) electrons. The minimum Gasteiger partial charge on any atom is -0.378 e. The number of amides is 3. The number of urea groups is 1. The molecule has 1 aromatic carbocycles. The molecule has 9 heteroatoms. The van der Waals surface area contributed by atoms with Gasteiger partial charge in [-0.3, -0.25) is 14.7 Å². The van der Waals surface area contributed by atoms with Crippen LogP contribution in [0.25, 0.3) is 0 Å². The first-order valence-corrected chi connectivity index (χ1v) is 14.0. The summed E-state index contributed by atoms with van der Waals surface area (Å²) in [5.74, 6) is 1.11. The summed E-state index contributed by atoms with van der Waals surface area (Å²) in [5.41, 5.74) is 4.39. The van der Waals surface area contributed by atoms with Crippen LogP contribution in [0.15, 0.2) is 30.5 Å². The van der Waals surface area contributed by atoms with Gasteiger partial charge in [0.2, 0.25) is 0 Å². The Morgan fingerprint density at radius 2 is 1.71 bits per heavy atom. The van der Waals surface area contributed by atoms with E-state index in [9.17, 15) is 9.59 Å². The van der Waals surface area contributed by atoms with Crippen molar-refractivity contribution in [3.63, 3.8) is 0 Å². The van der Waals surface area contributed by atoms with Gasteiger partial charge in [-0.1, -0.05) is 17.7 Å². The molecule has 3 saturated heterocycles. The van der Waals surface area contributed by atoms with Gasteiger partial charge < -0.3 is 19.4 Å². The molecule has 0 N–H and O–H groups in total. The Hall–Kier alpha value is -2.68. The van der Waals surface area contributed by atoms with Crippen molar-refractivity contribution in [3.8, 4) is 0 Å². The summed E-state index contributed by atoms with van der Waals surface area (Å²) in [6, 6.07) is 7.78. The van der Waals surface area contributed by atoms with Crippen LogP contribution < -0.4 is 4.90 Å². The quantitative estimate of drug-likeness (QED) is 0.555. The second kappa shape index (κ2) is 11.6. The fraction of sp³-hybridized carbons (Fsp3) is 0.552. The Balaban J connectivity index is 1.17. The number of ether oxygens (including phenoxy) is 1. The summed E-state index contributed by atoms with van der Waals surface area (Å²) in [6.07, 6.45) is 2.64. The van der Waals surface area contributed by atoms with E-state index in [-0.39, 0.29) is 11.9 Å². The SMILES string of the molecule is Cc1ccc(N(CCCN2CC3CN(C(=O)c4c(C)ccnc4C)CC3C2)C(=O)N2CCOCC2)cc1Cl. The van der Waals surface area contributed by atoms with E-state index >= 15 is 0 Å². The maximum Gasteiger partial charge on any atom is 0.324 e. The predicted octanol–water partition coefficient (Wildman–Crippen LogP) is 4.01. The van der Waals surface area contributed by atoms with Crippen molar-refractivity contribution in [2.45, 2.75) is 27.2 Å². The molecule has 4 heterocycles. The van der Waals surface area contributed by atoms with Crippen molar-refractivity contribution >= 4 is 29.2 Å². The van der Waals surface area contributed by atoms with Gasteiger partial charge in [-0.05, 0) is 74.9 Å². The van der Waals surface area contributed by atoms with E-state index in [2.05, 4.69) is 9.88 Å². The van der Waals surface area contributed by atoms with Crippen LogP contribution in [0.1, 0.15) is 33.6 Å². The second-order valence-corrected chi connectivity index (χ2v) is 11.3. The van der Waals surface area contributed by atoms with Crippen LogP contribution in [0.3, 0.4) is 0 Å². The smallest absolute Gasteiger partial charge is 0.324 e. The summed E-state index contributed by atoms with van der Waals surface area (Å²) in [4.78, 5) is 39.3. The number of rotatable bonds is 6. The number of carbonyl (C=O) groups excluding carboxylic acids is 2. The molecule has 0 bridgehead atoms. The molecule has 8 nitrogen and oxygen atoms in total. The molecule has 0 saturated carbocycles. The van der Waals surface area contributed by atoms with Gasteiger partial charge in [-0.2, -0.15) is 0 Å². The molecule has 204 valence electrons. The zero-order valence-electron chi connectivity index (χ0n) is 22.7. The number of fused-ring (bicyclic) bond motifs is 1. The van der Waals surface area contributed by atoms with Crippen molar-refractivity contribution in [3.05, 3.63) is 57.9 Å². The maximum absolute atomic E-state index is 13.4. The van der Waals surface area contributed by atoms with E-state index in [0.29, 0.717) is 49.7 Å². The van der Waals surface area contributed by atoms with Crippen LogP contribution >= 0.6 is 11.6 Å². The topological polar surface area (TPSA) is 69.2 Å². The summed E-state index contributed by atoms with van der Waals surface area (Å²) < 4.78 is 5.45. The fourth-order valence-corrected chi connectivity index (χ4v) is 6.25. The number of likely N-dealkylation sites (tertiary alicyclic amines) is 2. The average Bonchev–Trinajstić information content (AvgIpc) is 3.47. The Bertz CT molecular complexity index is 1150. The molecule has 3 amide bonds. The number of halogens is 1. The number of anilines is 1. The first-order valence-electron chi connectivity index (χ1n) is 13.7. The van der Waals surface area contributed by atoms with Gasteiger partial charge in [0.05, 0.1) is 24.5 Å². The number of pyridine rings is 1. The summed E-state index contributed by atoms with van der Waals surface area (Å²) in [6.45, 7) is 13.4. The number of hydrogen-bond donors (Lipinski definition) is 0. The molecule has 3 aliphatic heterocycles. The van der Waals surface area contributed by atoms with Gasteiger partial charge in [0.25, 0.3) is 5.91 Å². The second-order valence-electron chi connectivity index (χ2n) is 10.9. The Morgan fingerprint density at radius 1 is 1.00 bits per heavy atom. The number of aromatic nitrogens is 1. The summed E-state index contributed by atoms with van der Waals surface area (Å²) in [7, 11) is 0. The minimum absolute atomic E-state index is 0.0154. The normalized spacial score (nSPS) is 21.6. The van der Waals surface area contributed by atoms with Crippen LogP contribution in [0.4, 0.5) is 10.5 Å². The molecule has 0 aliphatic carbocycles. The zero-order valence-corrected chi connectivity index (χ0v) is 23.4. The number of benzene rings is 1. The highest BCUT2D eigenvalue weighted by Gasteiger charge is 2.42. The molecular weight excluding hydrogens is 502 g/mol. The molecule has 38 heavy (non-hydrogen) atoms. The largest absolute Gasteiger partial charge is 0.378 e. The van der Waals surface area contributed by atoms with E-state index in [0.717, 1.165) is 67.2 Å². The van der Waals surface area contributed by atoms with Crippen LogP contribution in [0.5, 0.6) is 0 Å². The van der Waals surface area contributed by atoms with Gasteiger partial charge in [0.1, 0.15) is 0 Å². The van der Waals surface area contributed by atoms with E-state index in [1.807, 2.05) is 59.7 Å². The highest BCUT2D eigenvalue weighted by atomic mass is 35.5. The summed E-state index contributed by atoms with van der Waals surface area (Å²) >= 11 is 6.42. The number of hydrogen-bond acceptors (Lipinski definition) is 5. The lowest BCUT2D eigenvalue weighted by Crippen LogP contribution is -2.49. The van der Waals surface area contributed by atoms with Crippen LogP contribution in [0, 0.1) is 32.6 Å². The number of morpholine rings is 1. The minimum atomic E-state index is 0.0154. The first kappa shape index (κ1) is 26.9. The molecule has 2 unspecified atom stereocenters. The van der Waals surface area contributed by atoms with Gasteiger partial charge in [0, 0.05) is 62.7 Å². The van der Waals surface area contributed by atoms with Crippen molar-refractivity contribution in [1.82, 2.24) is 19.7 Å². The van der Waals surface area contributed by atoms with E-state index in [1.54, 1.807) is 6.20 Å². The third-order valence-electron chi connectivity index (χ3n) is 8.25. The van der Waals surface area contributed by atoms with E-state index in [4.69, 9.17) is 16.3 Å². The lowest BCUT2D eigenvalue weighted by atomic mass is 10.0. The maximum atomic E-state index is 13.4. The van der Waals surface area contributed by atoms with Gasteiger partial charge >= 0.3 is 6.03 Å². The summed E-state index contributed by atoms with van der Waals surface area (Å²) in [5, 5.41) is 0.672. The molecule has 2 atom stereocenters. The standard InChI is InChI=1S/C29H38ClN5O3/c1-20-5-6-25(15-26(20)30)35(29(37)33-11-13-38-14-12-33)10-4-9-32-16-23-18-34(19-24(23)17-32)28(36)27-21(2)7-8-31-22(27)3/h5-8,15,23-24H,4,9-14,16-19H2,1-3H3. The molecular formula is C29H38ClN5O3. The molecule has 5 rings (SSSR count). The predicted molar refractivity (Wildman–Crippen MR) is 149 cm³/mol. The van der Waals surface area contributed by atoms with Crippen molar-refractivity contribution < 1.29 is 14.3 Å². The Labute approximate surface area is 230 Å². The third kappa shape index (κ3) is 5.67. The van der Waals surface area contributed by atoms with Gasteiger partial charge in [-0.15, -0.1) is 0 Å². The van der Waals surface area contributed by atoms with Crippen molar-refractivity contribution in [2.75, 3.05) is 70.5 Å². The third-order valence-corrected chi connectivity index (χ3v) is 8.65. The highest BCUT2D eigenvalue weighted by molar-refractivity contribution is 6.31. The van der Waals surface area contributed by atoms with Crippen molar-refractivity contribution in [2.24, 2.45) is 11.8 Å². The van der Waals surface area contributed by atoms with E-state index in [1.165, 1.54) is 0 Å². The molecule has 3 fully saturated rings. The molecule has 2 aromatic rings. The Kier molecular flexibility index (Phi) is 8.21. The molecule has 3 aliphatic rings. The highest BCUT2D eigenvalue weighted by Crippen LogP contribution is 2.33. The van der Waals surface area contributed by atoms with Crippen LogP contribution in [-0.2, 0) is 4.74 Å². The zero-order chi connectivity index (χ0) is 26.8. The molecule has 1 aromatic heterocycles. The fourth-order valence-electron chi connectivity index (χ4n) is 6.08. The molecule has 0 spiro atoms. The number of carbonyl (C=O) groups is 2. The average molecular weight is 540 g/mol. The van der Waals surface area contributed by atoms with Crippen molar-refractivity contribution in [1.29, 1.82) is 0 Å². The lowest BCUT2D eigenvalue weighted by molar-refractivity contribution is 0.0548. The van der Waals surface area contributed by atoms with Crippen LogP contribution in [-0.4, -0.2) is 97.2 Å². The van der Waals surface area contributed by atoms with Gasteiger partial charge in [0.15, 0.2) is 0 Å². The number of aryl methyl sites for hydroxylation is 3. The van der Waals surface area contributed by atoms with E-state index < -0.39 is 0 Å². The monoisotopic (exact) mass is 539 g/mol. The lowest BCUT2D eigenvalue weighted by Gasteiger charge is -2.33.